The lowest BCUT2D eigenvalue weighted by molar-refractivity contribution is -0.155. The number of amides is 2. The second-order valence-corrected chi connectivity index (χ2v) is 10.6. The Hall–Kier alpha value is -2.61. The highest BCUT2D eigenvalue weighted by molar-refractivity contribution is 5.95. The van der Waals surface area contributed by atoms with Crippen LogP contribution in [0.25, 0.3) is 0 Å². The van der Waals surface area contributed by atoms with Gasteiger partial charge in [0.1, 0.15) is 6.54 Å². The molecule has 4 saturated carbocycles. The molecule has 2 amide bonds. The molecule has 0 radical (unpaired) electrons. The van der Waals surface area contributed by atoms with Crippen LogP contribution in [-0.4, -0.2) is 56.7 Å². The van der Waals surface area contributed by atoms with E-state index in [-0.39, 0.29) is 17.9 Å². The van der Waals surface area contributed by atoms with Gasteiger partial charge in [-0.25, -0.2) is 0 Å². The first-order chi connectivity index (χ1) is 16.4. The molecule has 5 aliphatic rings. The van der Waals surface area contributed by atoms with Gasteiger partial charge < -0.3 is 25.0 Å². The Labute approximate surface area is 200 Å². The summed E-state index contributed by atoms with van der Waals surface area (Å²) in [4.78, 5) is 40.1. The summed E-state index contributed by atoms with van der Waals surface area (Å²) in [7, 11) is 0. The predicted octanol–water partition coefficient (Wildman–Crippen LogP) is 2.73. The molecular formula is C26H35N3O5. The van der Waals surface area contributed by atoms with Crippen molar-refractivity contribution in [2.45, 2.75) is 51.6 Å². The Morgan fingerprint density at radius 3 is 2.21 bits per heavy atom. The third kappa shape index (κ3) is 4.92. The van der Waals surface area contributed by atoms with Gasteiger partial charge in [-0.15, -0.1) is 0 Å². The molecule has 34 heavy (non-hydrogen) atoms. The highest BCUT2D eigenvalue weighted by Crippen LogP contribution is 2.60. The summed E-state index contributed by atoms with van der Waals surface area (Å²) in [5.41, 5.74) is 1.42. The maximum Gasteiger partial charge on any atom is 0.326 e. The van der Waals surface area contributed by atoms with Gasteiger partial charge in [-0.05, 0) is 87.5 Å². The summed E-state index contributed by atoms with van der Waals surface area (Å²) in [5.74, 6) is 0.978. The first kappa shape index (κ1) is 23.1. The Balaban J connectivity index is 1.07. The van der Waals surface area contributed by atoms with E-state index in [9.17, 15) is 14.4 Å². The van der Waals surface area contributed by atoms with E-state index in [1.807, 2.05) is 24.3 Å². The topological polar surface area (TPSA) is 97.0 Å². The summed E-state index contributed by atoms with van der Waals surface area (Å²) < 4.78 is 10.7. The highest BCUT2D eigenvalue weighted by Gasteiger charge is 2.54. The number of ether oxygens (including phenoxy) is 2. The first-order valence-electron chi connectivity index (χ1n) is 12.6. The minimum Gasteiger partial charge on any atom is -0.451 e. The fourth-order valence-electron chi connectivity index (χ4n) is 6.84. The first-order valence-corrected chi connectivity index (χ1v) is 12.6. The number of nitrogens with one attached hydrogen (secondary N) is 2. The number of rotatable bonds is 7. The van der Waals surface area contributed by atoms with Crippen LogP contribution in [0, 0.1) is 23.2 Å². The Bertz CT molecular complexity index is 890. The van der Waals surface area contributed by atoms with E-state index >= 15 is 0 Å². The summed E-state index contributed by atoms with van der Waals surface area (Å²) in [5, 5.41) is 5.60. The van der Waals surface area contributed by atoms with E-state index in [2.05, 4.69) is 15.5 Å². The largest absolute Gasteiger partial charge is 0.451 e. The third-order valence-electron chi connectivity index (χ3n) is 8.10. The number of esters is 1. The van der Waals surface area contributed by atoms with E-state index in [4.69, 9.17) is 9.47 Å². The van der Waals surface area contributed by atoms with E-state index in [0.717, 1.165) is 38.0 Å². The smallest absolute Gasteiger partial charge is 0.326 e. The molecule has 4 bridgehead atoms. The van der Waals surface area contributed by atoms with Gasteiger partial charge in [0.15, 0.2) is 6.10 Å². The zero-order chi connectivity index (χ0) is 23.7. The van der Waals surface area contributed by atoms with E-state index in [1.165, 1.54) is 26.2 Å². The van der Waals surface area contributed by atoms with Crippen molar-refractivity contribution in [3.63, 3.8) is 0 Å². The Kier molecular flexibility index (Phi) is 6.51. The van der Waals surface area contributed by atoms with Crippen molar-refractivity contribution in [2.75, 3.05) is 43.1 Å². The molecule has 0 aromatic heterocycles. The molecule has 0 spiro atoms. The van der Waals surface area contributed by atoms with Crippen LogP contribution in [0.1, 0.15) is 45.4 Å². The highest BCUT2D eigenvalue weighted by atomic mass is 16.5. The molecule has 8 heteroatoms. The van der Waals surface area contributed by atoms with Crippen LogP contribution >= 0.6 is 0 Å². The van der Waals surface area contributed by atoms with Gasteiger partial charge in [0.05, 0.1) is 13.2 Å². The van der Waals surface area contributed by atoms with Gasteiger partial charge >= 0.3 is 5.97 Å². The second-order valence-electron chi connectivity index (χ2n) is 10.6. The van der Waals surface area contributed by atoms with E-state index < -0.39 is 18.0 Å². The molecule has 1 aromatic rings. The van der Waals surface area contributed by atoms with Crippen molar-refractivity contribution in [1.82, 2.24) is 5.32 Å². The molecule has 1 heterocycles. The Morgan fingerprint density at radius 2 is 1.62 bits per heavy atom. The van der Waals surface area contributed by atoms with Crippen LogP contribution in [0.3, 0.4) is 0 Å². The minimum atomic E-state index is -0.956. The van der Waals surface area contributed by atoms with Crippen LogP contribution in [0.5, 0.6) is 0 Å². The zero-order valence-corrected chi connectivity index (χ0v) is 19.9. The van der Waals surface area contributed by atoms with Crippen molar-refractivity contribution in [2.24, 2.45) is 23.2 Å². The van der Waals surface area contributed by atoms with Crippen molar-refractivity contribution >= 4 is 29.2 Å². The fraction of sp³-hybridized carbons (Fsp3) is 0.654. The van der Waals surface area contributed by atoms with Crippen molar-refractivity contribution in [1.29, 1.82) is 0 Å². The van der Waals surface area contributed by atoms with Gasteiger partial charge in [0, 0.05) is 29.9 Å². The van der Waals surface area contributed by atoms with E-state index in [0.29, 0.717) is 36.7 Å². The number of carbonyl (C=O) groups is 3. The van der Waals surface area contributed by atoms with Crippen LogP contribution in [0.15, 0.2) is 24.3 Å². The summed E-state index contributed by atoms with van der Waals surface area (Å²) in [6.45, 7) is 4.45. The number of hydrogen-bond donors (Lipinski definition) is 2. The molecule has 184 valence electrons. The lowest BCUT2D eigenvalue weighted by Crippen LogP contribution is -2.54. The molecule has 0 unspecified atom stereocenters. The van der Waals surface area contributed by atoms with E-state index in [1.54, 1.807) is 0 Å². The molecule has 2 N–H and O–H groups in total. The van der Waals surface area contributed by atoms with Gasteiger partial charge in [-0.3, -0.25) is 14.4 Å². The van der Waals surface area contributed by atoms with Crippen molar-refractivity contribution in [3.8, 4) is 0 Å². The normalized spacial score (nSPS) is 30.5. The number of hydrogen-bond acceptors (Lipinski definition) is 6. The fourth-order valence-corrected chi connectivity index (χ4v) is 6.84. The van der Waals surface area contributed by atoms with Crippen LogP contribution < -0.4 is 15.5 Å². The number of carbonyl (C=O) groups excluding carboxylic acids is 3. The number of morpholine rings is 1. The molecule has 5 fully saturated rings. The van der Waals surface area contributed by atoms with Crippen LogP contribution in [0.2, 0.25) is 0 Å². The zero-order valence-electron chi connectivity index (χ0n) is 19.9. The SMILES string of the molecule is C[C@@H](OC(=O)CNC(=O)C12CC3CC(CC(C3)C1)C2)C(=O)Nc1ccc(N2CCOCC2)cc1. The molecule has 1 saturated heterocycles. The predicted molar refractivity (Wildman–Crippen MR) is 127 cm³/mol. The Morgan fingerprint density at radius 1 is 1.03 bits per heavy atom. The second kappa shape index (κ2) is 9.56. The quantitative estimate of drug-likeness (QED) is 0.596. The molecular weight excluding hydrogens is 434 g/mol. The summed E-state index contributed by atoms with van der Waals surface area (Å²) in [6.07, 6.45) is 5.67. The summed E-state index contributed by atoms with van der Waals surface area (Å²) >= 11 is 0. The lowest BCUT2D eigenvalue weighted by atomic mass is 9.49. The van der Waals surface area contributed by atoms with Crippen LogP contribution in [-0.2, 0) is 23.9 Å². The van der Waals surface area contributed by atoms with Crippen LogP contribution in [0.4, 0.5) is 11.4 Å². The molecule has 1 atom stereocenters. The minimum absolute atomic E-state index is 0.0130. The summed E-state index contributed by atoms with van der Waals surface area (Å²) in [6, 6.07) is 7.58. The monoisotopic (exact) mass is 469 g/mol. The number of anilines is 2. The molecule has 1 aliphatic heterocycles. The maximum absolute atomic E-state index is 13.0. The third-order valence-corrected chi connectivity index (χ3v) is 8.10. The van der Waals surface area contributed by atoms with Gasteiger partial charge in [0.25, 0.3) is 5.91 Å². The maximum atomic E-state index is 13.0. The average molecular weight is 470 g/mol. The standard InChI is InChI=1S/C26H35N3O5/c1-17(24(31)28-21-2-4-22(5-3-21)29-6-8-33-9-7-29)34-23(30)16-27-25(32)26-13-18-10-19(14-26)12-20(11-18)15-26/h2-5,17-20H,6-16H2,1H3,(H,27,32)(H,28,31)/t17-,18?,19?,20?,26?/m1/s1. The molecule has 6 rings (SSSR count). The molecule has 8 nitrogen and oxygen atoms in total. The van der Waals surface area contributed by atoms with Crippen molar-refractivity contribution in [3.05, 3.63) is 24.3 Å². The molecule has 4 aliphatic carbocycles. The lowest BCUT2D eigenvalue weighted by Gasteiger charge is -2.55. The van der Waals surface area contributed by atoms with Gasteiger partial charge in [-0.2, -0.15) is 0 Å². The molecule has 1 aromatic carbocycles. The average Bonchev–Trinajstić information content (AvgIpc) is 2.82. The van der Waals surface area contributed by atoms with Crippen molar-refractivity contribution < 1.29 is 23.9 Å². The number of nitrogens with zero attached hydrogens (tertiary/aromatic N) is 1. The number of benzene rings is 1. The van der Waals surface area contributed by atoms with Gasteiger partial charge in [-0.1, -0.05) is 0 Å². The van der Waals surface area contributed by atoms with Gasteiger partial charge in [0.2, 0.25) is 5.91 Å².